The Morgan fingerprint density at radius 3 is 2.44 bits per heavy atom. The first-order valence-corrected chi connectivity index (χ1v) is 10.0. The molecule has 0 aromatic heterocycles. The van der Waals surface area contributed by atoms with Crippen molar-refractivity contribution < 1.29 is 14.7 Å². The summed E-state index contributed by atoms with van der Waals surface area (Å²) in [4.78, 5) is 28.1. The van der Waals surface area contributed by atoms with E-state index < -0.39 is 11.4 Å². The molecule has 6 nitrogen and oxygen atoms in total. The third kappa shape index (κ3) is 3.60. The van der Waals surface area contributed by atoms with Crippen molar-refractivity contribution in [3.63, 3.8) is 0 Å². The third-order valence-electron chi connectivity index (χ3n) is 6.65. The van der Waals surface area contributed by atoms with E-state index in [9.17, 15) is 14.7 Å². The second-order valence-electron chi connectivity index (χ2n) is 8.57. The van der Waals surface area contributed by atoms with Crippen molar-refractivity contribution in [1.29, 1.82) is 0 Å². The number of anilines is 1. The fraction of sp³-hybridized carbons (Fsp3) is 0.619. The van der Waals surface area contributed by atoms with Gasteiger partial charge < -0.3 is 10.4 Å². The van der Waals surface area contributed by atoms with Crippen molar-refractivity contribution in [3.05, 3.63) is 29.8 Å². The molecule has 1 aliphatic carbocycles. The quantitative estimate of drug-likeness (QED) is 0.832. The predicted molar refractivity (Wildman–Crippen MR) is 103 cm³/mol. The first-order valence-electron chi connectivity index (χ1n) is 10.0. The Morgan fingerprint density at radius 1 is 1.15 bits per heavy atom. The zero-order chi connectivity index (χ0) is 19.0. The molecular formula is C21H29N3O3. The third-order valence-corrected chi connectivity index (χ3v) is 6.65. The number of nitrogens with zero attached hydrogens (tertiary/aromatic N) is 2. The Morgan fingerprint density at radius 2 is 1.85 bits per heavy atom. The van der Waals surface area contributed by atoms with Gasteiger partial charge in [0.25, 0.3) is 0 Å². The lowest BCUT2D eigenvalue weighted by Gasteiger charge is -2.28. The standard InChI is InChI=1S/C21H29N3O3/c1-15(25)22-18-8-6-16(7-9-18)10-23-11-17-12-24(19-4-2-3-5-19)14-21(17,13-23)20(26)27/h6-9,17,19H,2-5,10-14H2,1H3,(H,22,25)(H,26,27)/t17-,21-/m1/s1. The van der Waals surface area contributed by atoms with Crippen LogP contribution in [0.5, 0.6) is 0 Å². The summed E-state index contributed by atoms with van der Waals surface area (Å²) in [6.45, 7) is 5.36. The molecule has 1 amide bonds. The van der Waals surface area contributed by atoms with Crippen LogP contribution in [0.3, 0.4) is 0 Å². The molecule has 4 rings (SSSR count). The molecule has 2 atom stereocenters. The minimum atomic E-state index is -0.628. The van der Waals surface area contributed by atoms with Crippen LogP contribution >= 0.6 is 0 Å². The van der Waals surface area contributed by atoms with Crippen LogP contribution in [-0.4, -0.2) is 59.0 Å². The zero-order valence-corrected chi connectivity index (χ0v) is 16.0. The molecule has 0 radical (unpaired) electrons. The lowest BCUT2D eigenvalue weighted by molar-refractivity contribution is -0.149. The van der Waals surface area contributed by atoms with Crippen molar-refractivity contribution >= 4 is 17.6 Å². The van der Waals surface area contributed by atoms with Gasteiger partial charge in [0.1, 0.15) is 0 Å². The largest absolute Gasteiger partial charge is 0.481 e. The van der Waals surface area contributed by atoms with E-state index in [0.29, 0.717) is 19.1 Å². The SMILES string of the molecule is CC(=O)Nc1ccc(CN2C[C@@H]3CN(C4CCCC4)C[C@]3(C(=O)O)C2)cc1. The van der Waals surface area contributed by atoms with Crippen LogP contribution in [0.4, 0.5) is 5.69 Å². The van der Waals surface area contributed by atoms with Crippen LogP contribution in [0.2, 0.25) is 0 Å². The number of nitrogens with one attached hydrogen (secondary N) is 1. The number of hydrogen-bond acceptors (Lipinski definition) is 4. The monoisotopic (exact) mass is 371 g/mol. The molecule has 0 spiro atoms. The van der Waals surface area contributed by atoms with E-state index in [2.05, 4.69) is 15.1 Å². The highest BCUT2D eigenvalue weighted by Crippen LogP contribution is 2.45. The van der Waals surface area contributed by atoms with E-state index in [1.807, 2.05) is 24.3 Å². The summed E-state index contributed by atoms with van der Waals surface area (Å²) in [5.74, 6) is -0.490. The lowest BCUT2D eigenvalue weighted by Crippen LogP contribution is -2.42. The Bertz CT molecular complexity index is 714. The fourth-order valence-electron chi connectivity index (χ4n) is 5.33. The van der Waals surface area contributed by atoms with Gasteiger partial charge in [-0.3, -0.25) is 19.4 Å². The predicted octanol–water partition coefficient (Wildman–Crippen LogP) is 2.41. The maximum absolute atomic E-state index is 12.2. The van der Waals surface area contributed by atoms with Gasteiger partial charge >= 0.3 is 5.97 Å². The molecule has 3 fully saturated rings. The van der Waals surface area contributed by atoms with Crippen LogP contribution in [0.15, 0.2) is 24.3 Å². The Kier molecular flexibility index (Phi) is 4.95. The van der Waals surface area contributed by atoms with Crippen molar-refractivity contribution in [1.82, 2.24) is 9.80 Å². The highest BCUT2D eigenvalue weighted by molar-refractivity contribution is 5.88. The van der Waals surface area contributed by atoms with E-state index >= 15 is 0 Å². The Balaban J connectivity index is 1.41. The number of rotatable bonds is 5. The lowest BCUT2D eigenvalue weighted by atomic mass is 9.81. The molecule has 2 N–H and O–H groups in total. The minimum absolute atomic E-state index is 0.0784. The van der Waals surface area contributed by atoms with Gasteiger partial charge in [0.15, 0.2) is 0 Å². The summed E-state index contributed by atoms with van der Waals surface area (Å²) in [5, 5.41) is 12.8. The molecule has 27 heavy (non-hydrogen) atoms. The van der Waals surface area contributed by atoms with Crippen molar-refractivity contribution in [2.24, 2.45) is 11.3 Å². The highest BCUT2D eigenvalue weighted by Gasteiger charge is 2.58. The number of carboxylic acid groups (broad SMARTS) is 1. The molecule has 2 heterocycles. The van der Waals surface area contributed by atoms with Crippen LogP contribution in [-0.2, 0) is 16.1 Å². The Labute approximate surface area is 160 Å². The first-order chi connectivity index (χ1) is 13.0. The summed E-state index contributed by atoms with van der Waals surface area (Å²) in [5.41, 5.74) is 1.33. The van der Waals surface area contributed by atoms with Gasteiger partial charge in [0, 0.05) is 57.3 Å². The van der Waals surface area contributed by atoms with Crippen LogP contribution in [0.25, 0.3) is 0 Å². The van der Waals surface area contributed by atoms with Gasteiger partial charge in [-0.25, -0.2) is 0 Å². The van der Waals surface area contributed by atoms with Crippen molar-refractivity contribution in [2.75, 3.05) is 31.5 Å². The van der Waals surface area contributed by atoms with Crippen LogP contribution in [0, 0.1) is 11.3 Å². The molecule has 0 unspecified atom stereocenters. The summed E-state index contributed by atoms with van der Waals surface area (Å²) in [6, 6.07) is 8.43. The number of carbonyl (C=O) groups is 2. The maximum atomic E-state index is 12.2. The van der Waals surface area contributed by atoms with Gasteiger partial charge in [0.05, 0.1) is 5.41 Å². The van der Waals surface area contributed by atoms with E-state index in [4.69, 9.17) is 0 Å². The van der Waals surface area contributed by atoms with Crippen molar-refractivity contribution in [2.45, 2.75) is 45.2 Å². The van der Waals surface area contributed by atoms with Gasteiger partial charge in [-0.05, 0) is 30.5 Å². The zero-order valence-electron chi connectivity index (χ0n) is 16.0. The molecular weight excluding hydrogens is 342 g/mol. The van der Waals surface area contributed by atoms with Crippen LogP contribution < -0.4 is 5.32 Å². The topological polar surface area (TPSA) is 72.9 Å². The fourth-order valence-corrected chi connectivity index (χ4v) is 5.33. The average molecular weight is 371 g/mol. The molecule has 1 aromatic rings. The second kappa shape index (κ2) is 7.24. The molecule has 1 aromatic carbocycles. The average Bonchev–Trinajstić information content (AvgIpc) is 3.30. The number of fused-ring (bicyclic) bond motifs is 1. The molecule has 2 aliphatic heterocycles. The van der Waals surface area contributed by atoms with E-state index in [1.54, 1.807) is 0 Å². The maximum Gasteiger partial charge on any atom is 0.312 e. The van der Waals surface area contributed by atoms with Gasteiger partial charge in [-0.1, -0.05) is 25.0 Å². The minimum Gasteiger partial charge on any atom is -0.481 e. The number of carbonyl (C=O) groups excluding carboxylic acids is 1. The molecule has 6 heteroatoms. The molecule has 3 aliphatic rings. The summed E-state index contributed by atoms with van der Waals surface area (Å²) in [6.07, 6.45) is 5.03. The molecule has 1 saturated carbocycles. The summed E-state index contributed by atoms with van der Waals surface area (Å²) >= 11 is 0. The van der Waals surface area contributed by atoms with Gasteiger partial charge in [-0.2, -0.15) is 0 Å². The number of aliphatic carboxylic acids is 1. The molecule has 146 valence electrons. The number of hydrogen-bond donors (Lipinski definition) is 2. The normalized spacial score (nSPS) is 29.1. The van der Waals surface area contributed by atoms with Crippen molar-refractivity contribution in [3.8, 4) is 0 Å². The highest BCUT2D eigenvalue weighted by atomic mass is 16.4. The van der Waals surface area contributed by atoms with Crippen LogP contribution in [0.1, 0.15) is 38.2 Å². The summed E-state index contributed by atoms with van der Waals surface area (Å²) in [7, 11) is 0. The smallest absolute Gasteiger partial charge is 0.312 e. The first kappa shape index (κ1) is 18.4. The molecule has 2 saturated heterocycles. The van der Waals surface area contributed by atoms with E-state index in [1.165, 1.54) is 32.6 Å². The Hall–Kier alpha value is -1.92. The number of amides is 1. The number of likely N-dealkylation sites (tertiary alicyclic amines) is 2. The van der Waals surface area contributed by atoms with E-state index in [0.717, 1.165) is 30.9 Å². The van der Waals surface area contributed by atoms with Gasteiger partial charge in [0.2, 0.25) is 5.91 Å². The number of carboxylic acids is 1. The van der Waals surface area contributed by atoms with Gasteiger partial charge in [-0.15, -0.1) is 0 Å². The summed E-state index contributed by atoms with van der Waals surface area (Å²) < 4.78 is 0. The van der Waals surface area contributed by atoms with E-state index in [-0.39, 0.29) is 11.8 Å². The molecule has 0 bridgehead atoms. The second-order valence-corrected chi connectivity index (χ2v) is 8.57. The number of benzene rings is 1.